The van der Waals surface area contributed by atoms with E-state index in [2.05, 4.69) is 46.4 Å². The third-order valence-corrected chi connectivity index (χ3v) is 5.22. The van der Waals surface area contributed by atoms with E-state index in [1.54, 1.807) is 0 Å². The Labute approximate surface area is 87.2 Å². The van der Waals surface area contributed by atoms with Crippen molar-refractivity contribution < 1.29 is 0 Å². The highest BCUT2D eigenvalue weighted by molar-refractivity contribution is 8.27. The van der Waals surface area contributed by atoms with Crippen molar-refractivity contribution in [3.05, 3.63) is 0 Å². The molecule has 12 heavy (non-hydrogen) atoms. The molecule has 0 aromatic rings. The Morgan fingerprint density at radius 3 is 1.58 bits per heavy atom. The van der Waals surface area contributed by atoms with Crippen molar-refractivity contribution in [2.24, 2.45) is 0 Å². The van der Waals surface area contributed by atoms with Crippen LogP contribution in [0.5, 0.6) is 0 Å². The molecule has 0 radical (unpaired) electrons. The maximum Gasteiger partial charge on any atom is 0.0756 e. The third kappa shape index (κ3) is 5.00. The molecule has 0 saturated carbocycles. The molecule has 0 aromatic carbocycles. The molecule has 1 atom stereocenters. The maximum atomic E-state index is 2.39. The third-order valence-electron chi connectivity index (χ3n) is 2.53. The van der Waals surface area contributed by atoms with Crippen LogP contribution in [-0.2, 0) is 0 Å². The van der Waals surface area contributed by atoms with Gasteiger partial charge in [-0.05, 0) is 0 Å². The van der Waals surface area contributed by atoms with Gasteiger partial charge in [0, 0.05) is 12.8 Å². The molecule has 52 valence electrons. The topological polar surface area (TPSA) is 0 Å². The van der Waals surface area contributed by atoms with Gasteiger partial charge in [0.2, 0.25) is 0 Å². The minimum atomic E-state index is 0.859. The lowest BCUT2D eigenvalue weighted by molar-refractivity contribution is 3.63. The van der Waals surface area contributed by atoms with E-state index in [0.29, 0.717) is 0 Å². The Bertz CT molecular complexity index is 99.6. The lowest BCUT2D eigenvalue weighted by Crippen LogP contribution is -2.50. The van der Waals surface area contributed by atoms with Gasteiger partial charge >= 0.3 is 0 Å². The van der Waals surface area contributed by atoms with E-state index >= 15 is 0 Å². The Morgan fingerprint density at radius 2 is 1.33 bits per heavy atom. The Hall–Kier alpha value is 1.14. The standard InChI is InChI=1S/B11H14P/c1-7-10(6)12-11(8(2)3)9(4)5/h7,12H,1-6H2. The summed E-state index contributed by atoms with van der Waals surface area (Å²) in [4.78, 5) is 0. The molecule has 0 rings (SSSR count). The Kier molecular flexibility index (Phi) is 7.20. The van der Waals surface area contributed by atoms with Crippen molar-refractivity contribution in [3.8, 4) is 0 Å². The summed E-state index contributed by atoms with van der Waals surface area (Å²) in [6.07, 6.45) is 3.59. The second-order valence-corrected chi connectivity index (χ2v) is 6.48. The highest BCUT2D eigenvalue weighted by atomic mass is 31.1. The first-order valence-corrected chi connectivity index (χ1v) is 6.40. The van der Waals surface area contributed by atoms with Crippen LogP contribution in [0.3, 0.4) is 0 Å². The van der Waals surface area contributed by atoms with Gasteiger partial charge < -0.3 is 0 Å². The van der Waals surface area contributed by atoms with Gasteiger partial charge in [-0.25, -0.2) is 8.34 Å². The van der Waals surface area contributed by atoms with Gasteiger partial charge in [-0.1, -0.05) is 0 Å². The van der Waals surface area contributed by atoms with E-state index < -0.39 is 0 Å². The minimum absolute atomic E-state index is 0.859. The molecule has 0 fully saturated rings. The fraction of sp³-hybridized carbons (Fsp3) is 0. The second-order valence-electron chi connectivity index (χ2n) is 4.49. The first-order valence-electron chi connectivity index (χ1n) is 5.25. The summed E-state index contributed by atoms with van der Waals surface area (Å²) in [6.45, 7) is 0. The van der Waals surface area contributed by atoms with Gasteiger partial charge in [-0.2, -0.15) is 0 Å². The molecular weight excluding hydrogens is 150 g/mol. The lowest BCUT2D eigenvalue weighted by Gasteiger charge is -2.21. The molecule has 0 N–H and O–H groups in total. The highest BCUT2D eigenvalue weighted by Crippen LogP contribution is 2.17. The van der Waals surface area contributed by atoms with Crippen molar-refractivity contribution in [3.63, 3.8) is 0 Å². The van der Waals surface area contributed by atoms with Crippen LogP contribution in [0.2, 0.25) is 0 Å². The van der Waals surface area contributed by atoms with E-state index in [-0.39, 0.29) is 0 Å². The molecule has 12 heteroatoms. The highest BCUT2D eigenvalue weighted by Gasteiger charge is 2.25. The molecule has 0 heterocycles. The van der Waals surface area contributed by atoms with Gasteiger partial charge in [-0.3, -0.25) is 0 Å². The summed E-state index contributed by atoms with van der Waals surface area (Å²) in [6, 6.07) is 0. The van der Waals surface area contributed by atoms with Crippen molar-refractivity contribution in [1.82, 2.24) is 0 Å². The van der Waals surface area contributed by atoms with Crippen LogP contribution >= 0.6 is 8.34 Å². The molecule has 1 unspecified atom stereocenters. The van der Waals surface area contributed by atoms with Crippen LogP contribution in [0.1, 0.15) is 0 Å². The van der Waals surface area contributed by atoms with E-state index in [1.165, 1.54) is 7.06 Å². The number of hydrogen-bond donors (Lipinski definition) is 0. The zero-order valence-corrected chi connectivity index (χ0v) is 10.5. The predicted molar refractivity (Wildman–Crippen MR) is 89.7 cm³/mol. The first kappa shape index (κ1) is 13.1. The molecule has 0 amide bonds. The quantitative estimate of drug-likeness (QED) is 0.280. The molecule has 0 nitrogen and oxygen atoms in total. The van der Waals surface area contributed by atoms with Crippen molar-refractivity contribution in [2.75, 3.05) is 0 Å². The molecule has 0 aliphatic carbocycles. The lowest BCUT2D eigenvalue weighted by atomic mass is 8.80. The van der Waals surface area contributed by atoms with Gasteiger partial charge in [-0.15, -0.1) is 0 Å². The summed E-state index contributed by atoms with van der Waals surface area (Å²) in [5.41, 5.74) is 0. The SMILES string of the molecule is BBB(B)PB(B(B)B)B(B)B. The largest absolute Gasteiger partial charge is 0.221 e. The van der Waals surface area contributed by atoms with Crippen molar-refractivity contribution >= 4 is 87.0 Å². The second kappa shape index (κ2) is 6.58. The van der Waals surface area contributed by atoms with E-state index in [0.717, 1.165) is 33.5 Å². The van der Waals surface area contributed by atoms with Crippen molar-refractivity contribution in [1.29, 1.82) is 0 Å². The zero-order valence-electron chi connectivity index (χ0n) is 9.52. The van der Waals surface area contributed by atoms with Crippen LogP contribution in [-0.4, -0.2) is 78.7 Å². The van der Waals surface area contributed by atoms with Gasteiger partial charge in [0.1, 0.15) is 0 Å². The van der Waals surface area contributed by atoms with Crippen LogP contribution < -0.4 is 0 Å². The number of hydrogen-bond acceptors (Lipinski definition) is 0. The van der Waals surface area contributed by atoms with Crippen molar-refractivity contribution in [2.45, 2.75) is 0 Å². The van der Waals surface area contributed by atoms with Gasteiger partial charge in [0.25, 0.3) is 0 Å². The summed E-state index contributed by atoms with van der Waals surface area (Å²) in [7, 11) is 16.6. The first-order chi connectivity index (χ1) is 5.49. The molecule has 0 spiro atoms. The summed E-state index contributed by atoms with van der Waals surface area (Å²) in [5, 5.41) is 0. The van der Waals surface area contributed by atoms with Crippen LogP contribution in [0.15, 0.2) is 0 Å². The minimum Gasteiger partial charge on any atom is -0.221 e. The van der Waals surface area contributed by atoms with Crippen LogP contribution in [0, 0.1) is 0 Å². The number of rotatable bonds is 5. The van der Waals surface area contributed by atoms with Gasteiger partial charge in [0.05, 0.1) is 65.9 Å². The fourth-order valence-electron chi connectivity index (χ4n) is 1.60. The summed E-state index contributed by atoms with van der Waals surface area (Å²) < 4.78 is 0. The smallest absolute Gasteiger partial charge is 0.0756 e. The van der Waals surface area contributed by atoms with E-state index in [1.807, 2.05) is 0 Å². The van der Waals surface area contributed by atoms with Gasteiger partial charge in [0.15, 0.2) is 0 Å². The summed E-state index contributed by atoms with van der Waals surface area (Å²) >= 11 is 0. The Morgan fingerprint density at radius 1 is 0.917 bits per heavy atom. The average molecular weight is 164 g/mol. The van der Waals surface area contributed by atoms with E-state index in [9.17, 15) is 0 Å². The predicted octanol–water partition coefficient (Wildman–Crippen LogP) is -7.08. The average Bonchev–Trinajstić information content (AvgIpc) is 1.98. The molecular formula is H14B11P. The van der Waals surface area contributed by atoms with Crippen LogP contribution in [0.25, 0.3) is 0 Å². The molecule has 0 aliphatic rings. The fourth-order valence-corrected chi connectivity index (χ4v) is 3.26. The molecule has 0 saturated heterocycles. The maximum absolute atomic E-state index is 2.39. The normalized spacial score (nSPS) is 9.67. The zero-order chi connectivity index (χ0) is 9.72. The van der Waals surface area contributed by atoms with E-state index in [4.69, 9.17) is 0 Å². The molecule has 0 bridgehead atoms. The van der Waals surface area contributed by atoms with Crippen LogP contribution in [0.4, 0.5) is 0 Å². The Balaban J connectivity index is 3.95. The monoisotopic (exact) mass is 166 g/mol. The molecule has 0 aliphatic heterocycles. The summed E-state index contributed by atoms with van der Waals surface area (Å²) in [5.74, 6) is 0. The molecule has 0 aromatic heterocycles.